The number of aromatic nitrogens is 1. The molecule has 1 aliphatic carbocycles. The minimum absolute atomic E-state index is 0.0497. The van der Waals surface area contributed by atoms with Gasteiger partial charge in [-0.1, -0.05) is 69.7 Å². The van der Waals surface area contributed by atoms with E-state index in [2.05, 4.69) is 68.3 Å². The van der Waals surface area contributed by atoms with Gasteiger partial charge >= 0.3 is 0 Å². The second kappa shape index (κ2) is 8.48. The van der Waals surface area contributed by atoms with Gasteiger partial charge in [0, 0.05) is 10.0 Å². The van der Waals surface area contributed by atoms with Gasteiger partial charge in [-0.2, -0.15) is 0 Å². The Balaban J connectivity index is 1.62. The molecule has 6 rings (SSSR count). The Labute approximate surface area is 216 Å². The molecule has 0 fully saturated rings. The Morgan fingerprint density at radius 1 is 1.03 bits per heavy atom. The second-order valence-corrected chi connectivity index (χ2v) is 11.2. The molecule has 0 radical (unpaired) electrons. The minimum Gasteiger partial charge on any atom is -0.507 e. The van der Waals surface area contributed by atoms with E-state index in [-0.39, 0.29) is 17.4 Å². The van der Waals surface area contributed by atoms with Crippen LogP contribution in [0.4, 0.5) is 0 Å². The molecule has 1 aromatic heterocycles. The summed E-state index contributed by atoms with van der Waals surface area (Å²) in [6.45, 7) is 0. The number of allylic oxidation sites excluding steroid dienone is 1. The van der Waals surface area contributed by atoms with Crippen LogP contribution in [0.15, 0.2) is 91.0 Å². The lowest BCUT2D eigenvalue weighted by atomic mass is 9.83. The fraction of sp³-hybridized carbons (Fsp3) is 0.111. The number of rotatable bonds is 2. The molecular weight excluding hydrogens is 576 g/mol. The summed E-state index contributed by atoms with van der Waals surface area (Å²) in [5.41, 5.74) is 6.50. The number of aryl methyl sites for hydroxylation is 1. The number of halogens is 2. The SMILES string of the molecule is O=c1c(=Cc2ccc(O)c(Br)c2)sc2n1C(c1ccc(Br)cc1)C1=C(N=2)c2ccccc2CC1. The van der Waals surface area contributed by atoms with Crippen molar-refractivity contribution in [2.45, 2.75) is 18.9 Å². The van der Waals surface area contributed by atoms with Crippen molar-refractivity contribution >= 4 is 55.0 Å². The molecule has 34 heavy (non-hydrogen) atoms. The summed E-state index contributed by atoms with van der Waals surface area (Å²) in [5, 5.41) is 9.83. The van der Waals surface area contributed by atoms with Gasteiger partial charge in [-0.15, -0.1) is 0 Å². The highest BCUT2D eigenvalue weighted by Gasteiger charge is 2.32. The first kappa shape index (κ1) is 21.8. The summed E-state index contributed by atoms with van der Waals surface area (Å²) in [6.07, 6.45) is 3.66. The highest BCUT2D eigenvalue weighted by molar-refractivity contribution is 9.10. The number of benzene rings is 3. The molecule has 0 saturated heterocycles. The van der Waals surface area contributed by atoms with Crippen LogP contribution >= 0.6 is 43.2 Å². The fourth-order valence-corrected chi connectivity index (χ4v) is 6.39. The van der Waals surface area contributed by atoms with E-state index in [0.29, 0.717) is 13.8 Å². The summed E-state index contributed by atoms with van der Waals surface area (Å²) in [4.78, 5) is 19.5. The lowest BCUT2D eigenvalue weighted by Crippen LogP contribution is -2.38. The fourth-order valence-electron chi connectivity index (χ4n) is 4.73. The van der Waals surface area contributed by atoms with Crippen molar-refractivity contribution in [3.05, 3.63) is 123 Å². The Morgan fingerprint density at radius 3 is 2.62 bits per heavy atom. The Kier molecular flexibility index (Phi) is 5.43. The van der Waals surface area contributed by atoms with E-state index in [4.69, 9.17) is 4.99 Å². The highest BCUT2D eigenvalue weighted by Crippen LogP contribution is 2.41. The first-order chi connectivity index (χ1) is 16.5. The van der Waals surface area contributed by atoms with Gasteiger partial charge in [0.05, 0.1) is 20.7 Å². The predicted molar refractivity (Wildman–Crippen MR) is 143 cm³/mol. The highest BCUT2D eigenvalue weighted by atomic mass is 79.9. The molecule has 2 aliphatic rings. The number of phenols is 1. The number of hydrogen-bond donors (Lipinski definition) is 1. The Bertz CT molecular complexity index is 1670. The molecule has 3 aromatic carbocycles. The molecular formula is C27H18Br2N2O2S. The van der Waals surface area contributed by atoms with Crippen LogP contribution in [-0.4, -0.2) is 9.67 Å². The molecule has 168 valence electrons. The van der Waals surface area contributed by atoms with Gasteiger partial charge in [0.2, 0.25) is 0 Å². The summed E-state index contributed by atoms with van der Waals surface area (Å²) >= 11 is 8.30. The monoisotopic (exact) mass is 592 g/mol. The van der Waals surface area contributed by atoms with Crippen LogP contribution in [0.5, 0.6) is 5.75 Å². The van der Waals surface area contributed by atoms with Crippen LogP contribution in [-0.2, 0) is 6.42 Å². The lowest BCUT2D eigenvalue weighted by Gasteiger charge is -2.30. The number of nitrogens with zero attached hydrogens (tertiary/aromatic N) is 2. The third-order valence-electron chi connectivity index (χ3n) is 6.33. The van der Waals surface area contributed by atoms with Crippen molar-refractivity contribution in [2.75, 3.05) is 0 Å². The zero-order valence-electron chi connectivity index (χ0n) is 17.8. The minimum atomic E-state index is -0.193. The molecule has 1 N–H and O–H groups in total. The van der Waals surface area contributed by atoms with Gasteiger partial charge in [0.25, 0.3) is 5.56 Å². The quantitative estimate of drug-likeness (QED) is 0.331. The van der Waals surface area contributed by atoms with Crippen LogP contribution in [0.2, 0.25) is 0 Å². The number of thiazole rings is 1. The number of aromatic hydroxyl groups is 1. The molecule has 1 aliphatic heterocycles. The van der Waals surface area contributed by atoms with E-state index in [1.54, 1.807) is 18.2 Å². The molecule has 7 heteroatoms. The van der Waals surface area contributed by atoms with Crippen LogP contribution in [0.1, 0.15) is 34.7 Å². The molecule has 0 spiro atoms. The van der Waals surface area contributed by atoms with Gasteiger partial charge in [0.1, 0.15) is 5.75 Å². The molecule has 0 saturated carbocycles. The van der Waals surface area contributed by atoms with E-state index in [1.807, 2.05) is 22.8 Å². The maximum absolute atomic E-state index is 13.7. The summed E-state index contributed by atoms with van der Waals surface area (Å²) in [7, 11) is 0. The van der Waals surface area contributed by atoms with Crippen LogP contribution in [0.3, 0.4) is 0 Å². The molecule has 1 unspecified atom stereocenters. The number of fused-ring (bicyclic) bond motifs is 3. The van der Waals surface area contributed by atoms with Gasteiger partial charge in [-0.3, -0.25) is 9.36 Å². The van der Waals surface area contributed by atoms with Crippen molar-refractivity contribution in [3.8, 4) is 5.75 Å². The summed E-state index contributed by atoms with van der Waals surface area (Å²) in [5.74, 6) is 0.167. The van der Waals surface area contributed by atoms with Crippen LogP contribution in [0, 0.1) is 0 Å². The molecule has 2 heterocycles. The topological polar surface area (TPSA) is 54.6 Å². The van der Waals surface area contributed by atoms with Crippen molar-refractivity contribution in [1.29, 1.82) is 0 Å². The third-order valence-corrected chi connectivity index (χ3v) is 8.47. The number of phenolic OH excluding ortho intramolecular Hbond substituents is 1. The second-order valence-electron chi connectivity index (χ2n) is 8.38. The largest absolute Gasteiger partial charge is 0.507 e. The number of hydrogen-bond acceptors (Lipinski definition) is 4. The summed E-state index contributed by atoms with van der Waals surface area (Å²) < 4.78 is 4.06. The molecule has 0 amide bonds. The third kappa shape index (κ3) is 3.63. The van der Waals surface area contributed by atoms with E-state index in [9.17, 15) is 9.90 Å². The van der Waals surface area contributed by atoms with E-state index in [0.717, 1.165) is 39.7 Å². The predicted octanol–water partition coefficient (Wildman–Crippen LogP) is 5.55. The van der Waals surface area contributed by atoms with Gasteiger partial charge in [-0.25, -0.2) is 4.99 Å². The first-order valence-electron chi connectivity index (χ1n) is 10.9. The smallest absolute Gasteiger partial charge is 0.271 e. The Morgan fingerprint density at radius 2 is 1.82 bits per heavy atom. The zero-order valence-corrected chi connectivity index (χ0v) is 21.8. The normalized spacial score (nSPS) is 17.1. The van der Waals surface area contributed by atoms with E-state index in [1.165, 1.54) is 22.5 Å². The zero-order chi connectivity index (χ0) is 23.4. The standard InChI is InChI=1S/C27H18Br2N2O2S/c28-18-9-6-17(7-10-18)25-20-11-8-16-3-1-2-4-19(16)24(20)30-27-31(25)26(33)23(34-27)14-15-5-12-22(32)21(29)13-15/h1-7,9-10,12-14,25,32H,8,11H2. The molecule has 4 aromatic rings. The first-order valence-corrected chi connectivity index (χ1v) is 13.3. The van der Waals surface area contributed by atoms with E-state index < -0.39 is 0 Å². The molecule has 0 bridgehead atoms. The van der Waals surface area contributed by atoms with Crippen LogP contribution < -0.4 is 14.9 Å². The maximum atomic E-state index is 13.7. The Hall–Kier alpha value is -2.74. The average Bonchev–Trinajstić information content (AvgIpc) is 3.15. The van der Waals surface area contributed by atoms with Crippen molar-refractivity contribution in [1.82, 2.24) is 4.57 Å². The van der Waals surface area contributed by atoms with Gasteiger partial charge in [0.15, 0.2) is 4.80 Å². The molecule has 1 atom stereocenters. The molecule has 4 nitrogen and oxygen atoms in total. The maximum Gasteiger partial charge on any atom is 0.271 e. The van der Waals surface area contributed by atoms with Gasteiger partial charge < -0.3 is 5.11 Å². The van der Waals surface area contributed by atoms with Gasteiger partial charge in [-0.05, 0) is 81.4 Å². The average molecular weight is 594 g/mol. The van der Waals surface area contributed by atoms with E-state index >= 15 is 0 Å². The van der Waals surface area contributed by atoms with Crippen molar-refractivity contribution in [2.24, 2.45) is 4.99 Å². The lowest BCUT2D eigenvalue weighted by molar-refractivity contribution is 0.472. The van der Waals surface area contributed by atoms with Crippen LogP contribution in [0.25, 0.3) is 11.8 Å². The van der Waals surface area contributed by atoms with Crippen molar-refractivity contribution < 1.29 is 5.11 Å². The van der Waals surface area contributed by atoms with Crippen molar-refractivity contribution in [3.63, 3.8) is 0 Å². The summed E-state index contributed by atoms with van der Waals surface area (Å²) in [6, 6.07) is 21.7.